The molecule has 6 heteroatoms. The van der Waals surface area contributed by atoms with Crippen molar-refractivity contribution in [3.8, 4) is 5.75 Å². The first-order chi connectivity index (χ1) is 14.6. The number of anilines is 2. The van der Waals surface area contributed by atoms with Gasteiger partial charge in [-0.15, -0.1) is 0 Å². The molecule has 0 bridgehead atoms. The van der Waals surface area contributed by atoms with E-state index in [1.54, 1.807) is 23.1 Å². The molecule has 0 aliphatic carbocycles. The number of nitrogens with zero attached hydrogens (tertiary/aromatic N) is 1. The fourth-order valence-electron chi connectivity index (χ4n) is 2.83. The van der Waals surface area contributed by atoms with Gasteiger partial charge in [0.15, 0.2) is 0 Å². The lowest BCUT2D eigenvalue weighted by atomic mass is 10.2. The molecular formula is C24H22Cl2N2O2. The Bertz CT molecular complexity index is 1010. The second kappa shape index (κ2) is 10.7. The molecule has 3 aromatic rings. The van der Waals surface area contributed by atoms with Crippen LogP contribution in [0.25, 0.3) is 6.08 Å². The predicted octanol–water partition coefficient (Wildman–Crippen LogP) is 7.14. The zero-order chi connectivity index (χ0) is 21.3. The first kappa shape index (κ1) is 21.8. The summed E-state index contributed by atoms with van der Waals surface area (Å²) in [5.41, 5.74) is 2.29. The minimum Gasteiger partial charge on any atom is -0.494 e. The summed E-state index contributed by atoms with van der Waals surface area (Å²) in [6, 6.07) is 22.0. The highest BCUT2D eigenvalue weighted by molar-refractivity contribution is 6.36. The number of hydrogen-bond acceptors (Lipinski definition) is 2. The predicted molar refractivity (Wildman–Crippen MR) is 126 cm³/mol. The lowest BCUT2D eigenvalue weighted by Crippen LogP contribution is -2.35. The van der Waals surface area contributed by atoms with Crippen LogP contribution in [0.4, 0.5) is 16.2 Å². The molecule has 30 heavy (non-hydrogen) atoms. The lowest BCUT2D eigenvalue weighted by Gasteiger charge is -2.22. The quantitative estimate of drug-likeness (QED) is 0.423. The van der Waals surface area contributed by atoms with Crippen molar-refractivity contribution in [2.75, 3.05) is 23.4 Å². The van der Waals surface area contributed by atoms with Crippen LogP contribution >= 0.6 is 23.2 Å². The van der Waals surface area contributed by atoms with E-state index in [-0.39, 0.29) is 6.03 Å². The Morgan fingerprint density at radius 2 is 1.77 bits per heavy atom. The molecule has 2 amide bonds. The van der Waals surface area contributed by atoms with Crippen LogP contribution in [0.15, 0.2) is 78.9 Å². The van der Waals surface area contributed by atoms with Gasteiger partial charge in [-0.1, -0.05) is 65.7 Å². The van der Waals surface area contributed by atoms with E-state index < -0.39 is 0 Å². The highest BCUT2D eigenvalue weighted by Gasteiger charge is 2.16. The van der Waals surface area contributed by atoms with E-state index in [9.17, 15) is 4.79 Å². The summed E-state index contributed by atoms with van der Waals surface area (Å²) in [4.78, 5) is 14.7. The van der Waals surface area contributed by atoms with Gasteiger partial charge in [-0.05, 0) is 55.0 Å². The van der Waals surface area contributed by atoms with Crippen LogP contribution in [0.5, 0.6) is 5.75 Å². The number of nitrogens with one attached hydrogen (secondary N) is 1. The zero-order valence-corrected chi connectivity index (χ0v) is 18.0. The topological polar surface area (TPSA) is 41.6 Å². The lowest BCUT2D eigenvalue weighted by molar-refractivity contribution is 0.257. The standard InChI is InChI=1S/C24H22Cl2N2O2/c1-2-30-21-13-11-20(12-14-21)28(16-6-9-18-7-4-3-5-8-18)24(29)27-23-15-10-19(25)17-22(23)26/h3-15,17H,2,16H2,1H3,(H,27,29). The monoisotopic (exact) mass is 440 g/mol. The Balaban J connectivity index is 1.81. The van der Waals surface area contributed by atoms with Crippen molar-refractivity contribution in [3.05, 3.63) is 94.5 Å². The first-order valence-electron chi connectivity index (χ1n) is 9.55. The number of benzene rings is 3. The molecule has 0 aromatic heterocycles. The molecule has 0 spiro atoms. The van der Waals surface area contributed by atoms with E-state index in [4.69, 9.17) is 27.9 Å². The molecule has 0 saturated heterocycles. The van der Waals surface area contributed by atoms with Gasteiger partial charge in [0.2, 0.25) is 0 Å². The summed E-state index contributed by atoms with van der Waals surface area (Å²) in [5.74, 6) is 0.752. The Morgan fingerprint density at radius 1 is 1.03 bits per heavy atom. The van der Waals surface area contributed by atoms with Crippen molar-refractivity contribution < 1.29 is 9.53 Å². The van der Waals surface area contributed by atoms with E-state index in [0.29, 0.717) is 28.9 Å². The summed E-state index contributed by atoms with van der Waals surface area (Å²) in [6.07, 6.45) is 3.92. The summed E-state index contributed by atoms with van der Waals surface area (Å²) < 4.78 is 5.50. The van der Waals surface area contributed by atoms with Crippen LogP contribution in [0.2, 0.25) is 10.0 Å². The van der Waals surface area contributed by atoms with Gasteiger partial charge in [0.25, 0.3) is 0 Å². The third-order valence-electron chi connectivity index (χ3n) is 4.28. The average molecular weight is 441 g/mol. The Labute approximate surface area is 186 Å². The van der Waals surface area contributed by atoms with Crippen LogP contribution in [0.3, 0.4) is 0 Å². The van der Waals surface area contributed by atoms with Gasteiger partial charge in [0.1, 0.15) is 5.75 Å². The molecule has 0 heterocycles. The number of rotatable bonds is 7. The number of carbonyl (C=O) groups excluding carboxylic acids is 1. The molecule has 154 valence electrons. The van der Waals surface area contributed by atoms with E-state index in [2.05, 4.69) is 5.32 Å². The van der Waals surface area contributed by atoms with Gasteiger partial charge < -0.3 is 10.1 Å². The smallest absolute Gasteiger partial charge is 0.326 e. The molecule has 0 unspecified atom stereocenters. The minimum absolute atomic E-state index is 0.305. The molecule has 3 rings (SSSR count). The first-order valence-corrected chi connectivity index (χ1v) is 10.3. The maximum absolute atomic E-state index is 13.1. The number of ether oxygens (including phenoxy) is 1. The second-order valence-corrected chi connectivity index (χ2v) is 7.25. The average Bonchev–Trinajstić information content (AvgIpc) is 2.75. The van der Waals surface area contributed by atoms with Crippen LogP contribution < -0.4 is 15.0 Å². The summed E-state index contributed by atoms with van der Waals surface area (Å²) >= 11 is 12.2. The highest BCUT2D eigenvalue weighted by atomic mass is 35.5. The largest absolute Gasteiger partial charge is 0.494 e. The fraction of sp³-hybridized carbons (Fsp3) is 0.125. The second-order valence-electron chi connectivity index (χ2n) is 6.40. The number of hydrogen-bond donors (Lipinski definition) is 1. The van der Waals surface area contributed by atoms with E-state index in [0.717, 1.165) is 17.0 Å². The molecule has 0 aliphatic heterocycles. The van der Waals surface area contributed by atoms with Crippen LogP contribution in [-0.4, -0.2) is 19.2 Å². The Morgan fingerprint density at radius 3 is 2.43 bits per heavy atom. The van der Waals surface area contributed by atoms with Crippen LogP contribution in [-0.2, 0) is 0 Å². The Hall–Kier alpha value is -2.95. The van der Waals surface area contributed by atoms with Gasteiger partial charge >= 0.3 is 6.03 Å². The maximum Gasteiger partial charge on any atom is 0.326 e. The van der Waals surface area contributed by atoms with Gasteiger partial charge in [0, 0.05) is 17.3 Å². The van der Waals surface area contributed by atoms with Gasteiger partial charge in [-0.25, -0.2) is 4.79 Å². The molecule has 0 atom stereocenters. The number of halogens is 2. The number of carbonyl (C=O) groups is 1. The van der Waals surface area contributed by atoms with Gasteiger partial charge in [-0.3, -0.25) is 4.90 Å². The third-order valence-corrected chi connectivity index (χ3v) is 4.82. The fourth-order valence-corrected chi connectivity index (χ4v) is 3.28. The minimum atomic E-state index is -0.305. The van der Waals surface area contributed by atoms with Crippen molar-refractivity contribution in [2.45, 2.75) is 6.92 Å². The highest BCUT2D eigenvalue weighted by Crippen LogP contribution is 2.27. The summed E-state index contributed by atoms with van der Waals surface area (Å²) in [7, 11) is 0. The SMILES string of the molecule is CCOc1ccc(N(CC=Cc2ccccc2)C(=O)Nc2ccc(Cl)cc2Cl)cc1. The van der Waals surface area contributed by atoms with Gasteiger partial charge in [0.05, 0.1) is 17.3 Å². The number of urea groups is 1. The molecule has 0 fully saturated rings. The third kappa shape index (κ3) is 6.02. The summed E-state index contributed by atoms with van der Waals surface area (Å²) in [6.45, 7) is 2.89. The molecule has 4 nitrogen and oxygen atoms in total. The molecule has 0 saturated carbocycles. The summed E-state index contributed by atoms with van der Waals surface area (Å²) in [5, 5.41) is 3.74. The molecule has 0 aliphatic rings. The van der Waals surface area contributed by atoms with Crippen LogP contribution in [0, 0.1) is 0 Å². The van der Waals surface area contributed by atoms with Crippen LogP contribution in [0.1, 0.15) is 12.5 Å². The normalized spacial score (nSPS) is 10.8. The number of amides is 2. The van der Waals surface area contributed by atoms with Crippen molar-refractivity contribution in [1.82, 2.24) is 0 Å². The van der Waals surface area contributed by atoms with Crippen molar-refractivity contribution >= 4 is 46.7 Å². The van der Waals surface area contributed by atoms with E-state index >= 15 is 0 Å². The van der Waals surface area contributed by atoms with Gasteiger partial charge in [-0.2, -0.15) is 0 Å². The molecule has 1 N–H and O–H groups in total. The van der Waals surface area contributed by atoms with Crippen molar-refractivity contribution in [1.29, 1.82) is 0 Å². The van der Waals surface area contributed by atoms with E-state index in [1.807, 2.05) is 73.7 Å². The molecule has 3 aromatic carbocycles. The van der Waals surface area contributed by atoms with E-state index in [1.165, 1.54) is 0 Å². The van der Waals surface area contributed by atoms with Crippen molar-refractivity contribution in [2.24, 2.45) is 0 Å². The maximum atomic E-state index is 13.1. The van der Waals surface area contributed by atoms with Crippen molar-refractivity contribution in [3.63, 3.8) is 0 Å². The Kier molecular flexibility index (Phi) is 7.77. The molecule has 0 radical (unpaired) electrons. The molecular weight excluding hydrogens is 419 g/mol. The zero-order valence-electron chi connectivity index (χ0n) is 16.5.